The molecule has 0 radical (unpaired) electrons. The number of cyclic esters (lactones) is 1. The van der Waals surface area contributed by atoms with Gasteiger partial charge in [-0.2, -0.15) is 0 Å². The standard InChI is InChI=1S/C39H43N5O8/c1-4-26-27-16-25(46)13-14-31(27)43-35-28(26)19-44-33(35)17-30-29(37(44)49)21-52-38(50)39(30,5-2)18-34(47)51-20-23-9-11-24(12-10-23)42-36(48)32(41-22(3)45)8-6-7-15-40/h9-14,16-17,32,46H,4-8,15,18-21,40H2,1-3H3,(H,41,45)(H,42,48)/t32?,39-/m0/s1. The smallest absolute Gasteiger partial charge is 0.317 e. The maximum Gasteiger partial charge on any atom is 0.317 e. The molecule has 0 spiro atoms. The van der Waals surface area contributed by atoms with Crippen molar-refractivity contribution in [2.45, 2.75) is 90.5 Å². The molecule has 0 saturated carbocycles. The van der Waals surface area contributed by atoms with Crippen molar-refractivity contribution in [1.82, 2.24) is 14.9 Å². The first-order chi connectivity index (χ1) is 25.0. The topological polar surface area (TPSA) is 192 Å². The lowest BCUT2D eigenvalue weighted by atomic mass is 9.72. The number of hydrogen-bond donors (Lipinski definition) is 4. The average Bonchev–Trinajstić information content (AvgIpc) is 3.49. The number of aromatic nitrogens is 2. The summed E-state index contributed by atoms with van der Waals surface area (Å²) in [5.74, 6) is -1.76. The van der Waals surface area contributed by atoms with E-state index in [0.29, 0.717) is 71.6 Å². The van der Waals surface area contributed by atoms with Crippen molar-refractivity contribution < 1.29 is 33.8 Å². The van der Waals surface area contributed by atoms with Crippen LogP contribution >= 0.6 is 0 Å². The van der Waals surface area contributed by atoms with Gasteiger partial charge in [-0.3, -0.25) is 24.0 Å². The van der Waals surface area contributed by atoms with Gasteiger partial charge in [0.2, 0.25) is 11.8 Å². The summed E-state index contributed by atoms with van der Waals surface area (Å²) in [5, 5.41) is 16.5. The number of aromatic hydroxyl groups is 1. The summed E-state index contributed by atoms with van der Waals surface area (Å²) in [6.07, 6.45) is 2.40. The number of phenols is 1. The predicted molar refractivity (Wildman–Crippen MR) is 193 cm³/mol. The molecule has 0 fully saturated rings. The van der Waals surface area contributed by atoms with Crippen molar-refractivity contribution in [2.75, 3.05) is 11.9 Å². The van der Waals surface area contributed by atoms with E-state index >= 15 is 0 Å². The van der Waals surface area contributed by atoms with Crippen LogP contribution in [0.2, 0.25) is 0 Å². The number of aryl methyl sites for hydroxylation is 1. The van der Waals surface area contributed by atoms with Crippen LogP contribution in [0.25, 0.3) is 22.3 Å². The Morgan fingerprint density at radius 1 is 1.08 bits per heavy atom. The number of nitrogens with zero attached hydrogens (tertiary/aromatic N) is 2. The maximum atomic E-state index is 14.0. The van der Waals surface area contributed by atoms with Crippen LogP contribution in [0.5, 0.6) is 5.75 Å². The lowest BCUT2D eigenvalue weighted by Gasteiger charge is -2.35. The third kappa shape index (κ3) is 6.88. The highest BCUT2D eigenvalue weighted by atomic mass is 16.5. The number of hydrogen-bond acceptors (Lipinski definition) is 10. The van der Waals surface area contributed by atoms with Gasteiger partial charge in [-0.1, -0.05) is 26.0 Å². The number of benzene rings is 2. The molecule has 6 rings (SSSR count). The first kappa shape index (κ1) is 36.2. The first-order valence-corrected chi connectivity index (χ1v) is 17.6. The maximum absolute atomic E-state index is 14.0. The quantitative estimate of drug-likeness (QED) is 0.102. The van der Waals surface area contributed by atoms with E-state index in [-0.39, 0.29) is 49.2 Å². The fourth-order valence-corrected chi connectivity index (χ4v) is 7.30. The Morgan fingerprint density at radius 2 is 1.85 bits per heavy atom. The number of fused-ring (bicyclic) bond motifs is 5. The molecule has 0 aliphatic carbocycles. The summed E-state index contributed by atoms with van der Waals surface area (Å²) < 4.78 is 12.8. The number of unbranched alkanes of at least 4 members (excludes halogenated alkanes) is 1. The molecule has 2 aliphatic heterocycles. The average molecular weight is 710 g/mol. The number of pyridine rings is 2. The predicted octanol–water partition coefficient (Wildman–Crippen LogP) is 4.10. The number of phenolic OH excluding ortho intramolecular Hbond substituents is 1. The Balaban J connectivity index is 1.20. The number of rotatable bonds is 13. The molecule has 2 aliphatic rings. The van der Waals surface area contributed by atoms with Crippen molar-refractivity contribution >= 4 is 40.3 Å². The number of esters is 2. The number of nitrogens with two attached hydrogens (primary N) is 1. The van der Waals surface area contributed by atoms with Crippen LogP contribution in [-0.2, 0) is 60.2 Å². The van der Waals surface area contributed by atoms with Crippen LogP contribution in [0.4, 0.5) is 5.69 Å². The zero-order chi connectivity index (χ0) is 37.2. The van der Waals surface area contributed by atoms with E-state index in [4.69, 9.17) is 20.2 Å². The molecule has 2 atom stereocenters. The van der Waals surface area contributed by atoms with Crippen LogP contribution < -0.4 is 21.9 Å². The molecule has 272 valence electrons. The van der Waals surface area contributed by atoms with Gasteiger partial charge in [0.1, 0.15) is 30.4 Å². The lowest BCUT2D eigenvalue weighted by molar-refractivity contribution is -0.161. The van der Waals surface area contributed by atoms with Crippen molar-refractivity contribution in [3.05, 3.63) is 86.7 Å². The van der Waals surface area contributed by atoms with Crippen LogP contribution in [0.1, 0.15) is 80.7 Å². The molecule has 4 heterocycles. The molecule has 0 bridgehead atoms. The SMILES string of the molecule is CCc1c2c(nc3ccc(O)cc13)-c1cc3c(c(=O)n1C2)COC(=O)[C@@]3(CC)CC(=O)OCc1ccc(NC(=O)C(CCCCN)NC(C)=O)cc1. The van der Waals surface area contributed by atoms with Gasteiger partial charge in [-0.05, 0) is 91.7 Å². The van der Waals surface area contributed by atoms with Gasteiger partial charge in [0.05, 0.1) is 35.4 Å². The molecule has 13 nitrogen and oxygen atoms in total. The molecular weight excluding hydrogens is 666 g/mol. The second kappa shape index (κ2) is 15.0. The Labute approximate surface area is 300 Å². The van der Waals surface area contributed by atoms with Gasteiger partial charge in [0.15, 0.2) is 0 Å². The molecule has 2 aromatic carbocycles. The highest BCUT2D eigenvalue weighted by Gasteiger charge is 2.48. The second-order valence-electron chi connectivity index (χ2n) is 13.4. The number of nitrogens with one attached hydrogen (secondary N) is 2. The van der Waals surface area contributed by atoms with E-state index < -0.39 is 23.4 Å². The van der Waals surface area contributed by atoms with Gasteiger partial charge in [0.25, 0.3) is 5.56 Å². The Bertz CT molecular complexity index is 2130. The van der Waals surface area contributed by atoms with Crippen LogP contribution in [0, 0.1) is 0 Å². The number of carbonyl (C=O) groups is 4. The first-order valence-electron chi connectivity index (χ1n) is 17.6. The van der Waals surface area contributed by atoms with Gasteiger partial charge in [-0.25, -0.2) is 4.98 Å². The second-order valence-corrected chi connectivity index (χ2v) is 13.4. The van der Waals surface area contributed by atoms with Crippen molar-refractivity contribution in [3.8, 4) is 17.1 Å². The molecule has 2 aromatic heterocycles. The summed E-state index contributed by atoms with van der Waals surface area (Å²) in [7, 11) is 0. The number of ether oxygens (including phenoxy) is 2. The fraction of sp³-hybridized carbons (Fsp3) is 0.385. The van der Waals surface area contributed by atoms with E-state index in [1.165, 1.54) is 6.92 Å². The molecular formula is C39H43N5O8. The van der Waals surface area contributed by atoms with Crippen LogP contribution in [0.3, 0.4) is 0 Å². The van der Waals surface area contributed by atoms with E-state index in [9.17, 15) is 29.1 Å². The Hall–Kier alpha value is -5.56. The van der Waals surface area contributed by atoms with Crippen molar-refractivity contribution in [3.63, 3.8) is 0 Å². The third-order valence-electron chi connectivity index (χ3n) is 10.1. The monoisotopic (exact) mass is 709 g/mol. The molecule has 13 heteroatoms. The number of amides is 2. The number of anilines is 1. The highest BCUT2D eigenvalue weighted by molar-refractivity contribution is 5.97. The minimum Gasteiger partial charge on any atom is -0.508 e. The Kier molecular flexibility index (Phi) is 10.4. The van der Waals surface area contributed by atoms with E-state index in [0.717, 1.165) is 22.9 Å². The number of carbonyl (C=O) groups excluding carboxylic acids is 4. The minimum atomic E-state index is -1.44. The normalized spacial score (nSPS) is 16.3. The van der Waals surface area contributed by atoms with Crippen molar-refractivity contribution in [2.24, 2.45) is 5.73 Å². The van der Waals surface area contributed by atoms with Crippen LogP contribution in [0.15, 0.2) is 53.3 Å². The largest absolute Gasteiger partial charge is 0.508 e. The van der Waals surface area contributed by atoms with Crippen molar-refractivity contribution in [1.29, 1.82) is 0 Å². The Morgan fingerprint density at radius 3 is 2.54 bits per heavy atom. The summed E-state index contributed by atoms with van der Waals surface area (Å²) in [4.78, 5) is 70.3. The molecule has 52 heavy (non-hydrogen) atoms. The zero-order valence-electron chi connectivity index (χ0n) is 29.5. The highest BCUT2D eigenvalue weighted by Crippen LogP contribution is 2.43. The summed E-state index contributed by atoms with van der Waals surface area (Å²) >= 11 is 0. The zero-order valence-corrected chi connectivity index (χ0v) is 29.5. The van der Waals surface area contributed by atoms with E-state index in [1.54, 1.807) is 60.0 Å². The van der Waals surface area contributed by atoms with Gasteiger partial charge < -0.3 is 35.5 Å². The van der Waals surface area contributed by atoms with E-state index in [1.807, 2.05) is 6.92 Å². The third-order valence-corrected chi connectivity index (χ3v) is 10.1. The lowest BCUT2D eigenvalue weighted by Crippen LogP contribution is -2.46. The van der Waals surface area contributed by atoms with Gasteiger partial charge in [0, 0.05) is 23.6 Å². The summed E-state index contributed by atoms with van der Waals surface area (Å²) in [6, 6.07) is 12.9. The van der Waals surface area contributed by atoms with Gasteiger partial charge in [-0.15, -0.1) is 0 Å². The fourth-order valence-electron chi connectivity index (χ4n) is 7.30. The molecule has 2 amide bonds. The van der Waals surface area contributed by atoms with Gasteiger partial charge >= 0.3 is 11.9 Å². The summed E-state index contributed by atoms with van der Waals surface area (Å²) in [6.45, 7) is 5.65. The van der Waals surface area contributed by atoms with Crippen LogP contribution in [-0.4, -0.2) is 51.0 Å². The minimum absolute atomic E-state index is 0.0884. The summed E-state index contributed by atoms with van der Waals surface area (Å²) in [5.41, 5.74) is 9.49. The molecule has 5 N–H and O–H groups in total. The molecule has 1 unspecified atom stereocenters. The van der Waals surface area contributed by atoms with E-state index in [2.05, 4.69) is 10.6 Å². The molecule has 4 aromatic rings. The molecule has 0 saturated heterocycles.